The van der Waals surface area contributed by atoms with Crippen LogP contribution in [-0.2, 0) is 5.75 Å². The van der Waals surface area contributed by atoms with Crippen molar-refractivity contribution in [2.24, 2.45) is 4.99 Å². The molecule has 25 heavy (non-hydrogen) atoms. The molecule has 0 spiro atoms. The number of hydrogen-bond acceptors (Lipinski definition) is 6. The van der Waals surface area contributed by atoms with E-state index in [-0.39, 0.29) is 0 Å². The van der Waals surface area contributed by atoms with Crippen LogP contribution >= 0.6 is 23.4 Å². The first-order chi connectivity index (χ1) is 12.2. The summed E-state index contributed by atoms with van der Waals surface area (Å²) in [5.41, 5.74) is 3.41. The van der Waals surface area contributed by atoms with Crippen molar-refractivity contribution in [2.45, 2.75) is 17.8 Å². The molecule has 2 heterocycles. The first-order valence-corrected chi connectivity index (χ1v) is 9.00. The lowest BCUT2D eigenvalue weighted by Crippen LogP contribution is -2.06. The number of hydrogen-bond donors (Lipinski definition) is 0. The minimum Gasteiger partial charge on any atom is -0.422 e. The maximum atomic E-state index is 5.91. The Labute approximate surface area is 154 Å². The Kier molecular flexibility index (Phi) is 4.38. The molecule has 0 saturated carbocycles. The molecular formula is C18H13ClN4OS. The van der Waals surface area contributed by atoms with Gasteiger partial charge < -0.3 is 4.74 Å². The fourth-order valence-corrected chi connectivity index (χ4v) is 3.29. The molecule has 1 aromatic heterocycles. The summed E-state index contributed by atoms with van der Waals surface area (Å²) in [6, 6.07) is 15.4. The van der Waals surface area contributed by atoms with Crippen LogP contribution in [0.2, 0.25) is 5.02 Å². The highest BCUT2D eigenvalue weighted by Gasteiger charge is 2.20. The van der Waals surface area contributed by atoms with Crippen LogP contribution in [0.3, 0.4) is 0 Å². The lowest BCUT2D eigenvalue weighted by Gasteiger charge is -2.07. The second-order valence-electron chi connectivity index (χ2n) is 5.41. The van der Waals surface area contributed by atoms with E-state index in [9.17, 15) is 0 Å². The molecular weight excluding hydrogens is 356 g/mol. The van der Waals surface area contributed by atoms with Gasteiger partial charge in [-0.2, -0.15) is 4.98 Å². The third-order valence-corrected chi connectivity index (χ3v) is 4.76. The number of para-hydroxylation sites is 1. The standard InChI is InChI=1S/C18H13ClN4OS/c1-11-20-15-5-3-2-4-14(15)16-17(24-11)21-18(23-22-16)25-10-12-6-8-13(19)9-7-12/h2-9H,10H2,1H3. The van der Waals surface area contributed by atoms with Crippen LogP contribution in [-0.4, -0.2) is 21.1 Å². The van der Waals surface area contributed by atoms with Crippen LogP contribution in [0.4, 0.5) is 5.69 Å². The number of nitrogens with zero attached hydrogens (tertiary/aromatic N) is 4. The fourth-order valence-electron chi connectivity index (χ4n) is 2.43. The number of ether oxygens (including phenoxy) is 1. The summed E-state index contributed by atoms with van der Waals surface area (Å²) in [4.78, 5) is 8.97. The summed E-state index contributed by atoms with van der Waals surface area (Å²) in [7, 11) is 0. The van der Waals surface area contributed by atoms with Crippen LogP contribution in [0.25, 0.3) is 11.3 Å². The molecule has 0 bridgehead atoms. The molecule has 2 aromatic carbocycles. The highest BCUT2D eigenvalue weighted by Crippen LogP contribution is 2.36. The molecule has 0 amide bonds. The lowest BCUT2D eigenvalue weighted by molar-refractivity contribution is 0.511. The average Bonchev–Trinajstić information content (AvgIpc) is 2.76. The Bertz CT molecular complexity index is 960. The zero-order valence-electron chi connectivity index (χ0n) is 13.3. The van der Waals surface area contributed by atoms with E-state index < -0.39 is 0 Å². The molecule has 0 saturated heterocycles. The largest absolute Gasteiger partial charge is 0.422 e. The summed E-state index contributed by atoms with van der Waals surface area (Å²) in [5, 5.41) is 9.84. The minimum absolute atomic E-state index is 0.430. The number of thioether (sulfide) groups is 1. The first kappa shape index (κ1) is 16.1. The number of aromatic nitrogens is 3. The van der Waals surface area contributed by atoms with Crippen molar-refractivity contribution in [1.29, 1.82) is 0 Å². The maximum Gasteiger partial charge on any atom is 0.251 e. The zero-order valence-corrected chi connectivity index (χ0v) is 14.9. The van der Waals surface area contributed by atoms with Crippen molar-refractivity contribution in [2.75, 3.05) is 0 Å². The molecule has 7 heteroatoms. The van der Waals surface area contributed by atoms with Gasteiger partial charge in [-0.1, -0.05) is 53.7 Å². The van der Waals surface area contributed by atoms with Gasteiger partial charge in [0.15, 0.2) is 11.6 Å². The van der Waals surface area contributed by atoms with Gasteiger partial charge in [0.05, 0.1) is 5.69 Å². The molecule has 0 fully saturated rings. The van der Waals surface area contributed by atoms with Gasteiger partial charge in [0.25, 0.3) is 5.88 Å². The Morgan fingerprint density at radius 2 is 1.84 bits per heavy atom. The fraction of sp³-hybridized carbons (Fsp3) is 0.111. The Hall–Kier alpha value is -2.44. The van der Waals surface area contributed by atoms with Gasteiger partial charge in [-0.25, -0.2) is 4.99 Å². The van der Waals surface area contributed by atoms with Crippen molar-refractivity contribution < 1.29 is 4.74 Å². The molecule has 0 atom stereocenters. The highest BCUT2D eigenvalue weighted by atomic mass is 35.5. The predicted octanol–water partition coefficient (Wildman–Crippen LogP) is 4.93. The van der Waals surface area contributed by atoms with Gasteiger partial charge >= 0.3 is 0 Å². The van der Waals surface area contributed by atoms with Crippen LogP contribution in [0.5, 0.6) is 5.88 Å². The van der Waals surface area contributed by atoms with Gasteiger partial charge in [-0.05, 0) is 23.8 Å². The van der Waals surface area contributed by atoms with Crippen molar-refractivity contribution in [3.63, 3.8) is 0 Å². The van der Waals surface area contributed by atoms with Gasteiger partial charge in [0.2, 0.25) is 5.16 Å². The number of fused-ring (bicyclic) bond motifs is 3. The SMILES string of the molecule is CC1=Nc2ccccc2-c2nnc(SCc3ccc(Cl)cc3)nc2O1. The number of benzene rings is 2. The van der Waals surface area contributed by atoms with Crippen LogP contribution in [0.1, 0.15) is 12.5 Å². The smallest absolute Gasteiger partial charge is 0.251 e. The zero-order chi connectivity index (χ0) is 17.2. The molecule has 1 aliphatic heterocycles. The van der Waals surface area contributed by atoms with Gasteiger partial charge in [-0.3, -0.25) is 0 Å². The van der Waals surface area contributed by atoms with E-state index in [0.29, 0.717) is 22.6 Å². The number of aliphatic imine (C=N–C) groups is 1. The first-order valence-electron chi connectivity index (χ1n) is 7.63. The van der Waals surface area contributed by atoms with Crippen LogP contribution in [0.15, 0.2) is 58.7 Å². The quantitative estimate of drug-likeness (QED) is 0.613. The third-order valence-electron chi connectivity index (χ3n) is 3.60. The van der Waals surface area contributed by atoms with E-state index in [2.05, 4.69) is 20.2 Å². The van der Waals surface area contributed by atoms with E-state index in [1.54, 1.807) is 6.92 Å². The van der Waals surface area contributed by atoms with E-state index >= 15 is 0 Å². The van der Waals surface area contributed by atoms with Crippen LogP contribution < -0.4 is 4.74 Å². The molecule has 1 aliphatic rings. The average molecular weight is 369 g/mol. The van der Waals surface area contributed by atoms with E-state index in [1.165, 1.54) is 11.8 Å². The molecule has 0 aliphatic carbocycles. The third kappa shape index (κ3) is 3.50. The highest BCUT2D eigenvalue weighted by molar-refractivity contribution is 7.98. The Balaban J connectivity index is 1.62. The van der Waals surface area contributed by atoms with Gasteiger partial charge in [-0.15, -0.1) is 10.2 Å². The predicted molar refractivity (Wildman–Crippen MR) is 99.7 cm³/mol. The normalized spacial score (nSPS) is 12.5. The monoisotopic (exact) mass is 368 g/mol. The molecule has 0 radical (unpaired) electrons. The van der Waals surface area contributed by atoms with Gasteiger partial charge in [0, 0.05) is 23.3 Å². The number of rotatable bonds is 3. The second kappa shape index (κ2) is 6.82. The van der Waals surface area contributed by atoms with E-state index in [0.717, 1.165) is 27.6 Å². The summed E-state index contributed by atoms with van der Waals surface area (Å²) in [5.74, 6) is 1.68. The Morgan fingerprint density at radius 1 is 1.04 bits per heavy atom. The summed E-state index contributed by atoms with van der Waals surface area (Å²) >= 11 is 7.40. The molecule has 5 nitrogen and oxygen atoms in total. The van der Waals surface area contributed by atoms with Crippen molar-refractivity contribution in [3.8, 4) is 17.1 Å². The van der Waals surface area contributed by atoms with Gasteiger partial charge in [0.1, 0.15) is 0 Å². The molecule has 0 unspecified atom stereocenters. The summed E-state index contributed by atoms with van der Waals surface area (Å²) < 4.78 is 5.75. The van der Waals surface area contributed by atoms with Crippen molar-refractivity contribution in [3.05, 3.63) is 59.1 Å². The topological polar surface area (TPSA) is 60.3 Å². The van der Waals surface area contributed by atoms with E-state index in [4.69, 9.17) is 16.3 Å². The van der Waals surface area contributed by atoms with Crippen molar-refractivity contribution >= 4 is 34.9 Å². The second-order valence-corrected chi connectivity index (χ2v) is 6.79. The molecule has 3 aromatic rings. The van der Waals surface area contributed by atoms with Crippen molar-refractivity contribution in [1.82, 2.24) is 15.2 Å². The maximum absolute atomic E-state index is 5.91. The van der Waals surface area contributed by atoms with Crippen LogP contribution in [0, 0.1) is 0 Å². The summed E-state index contributed by atoms with van der Waals surface area (Å²) in [6.45, 7) is 1.80. The molecule has 4 rings (SSSR count). The Morgan fingerprint density at radius 3 is 2.68 bits per heavy atom. The molecule has 124 valence electrons. The summed E-state index contributed by atoms with van der Waals surface area (Å²) in [6.07, 6.45) is 0. The minimum atomic E-state index is 0.430. The lowest BCUT2D eigenvalue weighted by atomic mass is 10.1. The van der Waals surface area contributed by atoms with E-state index in [1.807, 2.05) is 48.5 Å². The number of halogens is 1. The molecule has 0 N–H and O–H groups in total.